The Morgan fingerprint density at radius 3 is 2.44 bits per heavy atom. The van der Waals surface area contributed by atoms with Crippen molar-refractivity contribution in [2.75, 3.05) is 0 Å². The fourth-order valence-corrected chi connectivity index (χ4v) is 2.58. The molecule has 12 heteroatoms. The van der Waals surface area contributed by atoms with E-state index in [4.69, 9.17) is 43.6 Å². The van der Waals surface area contributed by atoms with E-state index < -0.39 is 18.0 Å². The Labute approximate surface area is 170 Å². The van der Waals surface area contributed by atoms with Crippen molar-refractivity contribution in [2.45, 2.75) is 20.0 Å². The molecule has 9 nitrogen and oxygen atoms in total. The van der Waals surface area contributed by atoms with E-state index in [1.807, 2.05) is 5.43 Å². The number of nitrogen functional groups attached to an aromatic ring is 1. The van der Waals surface area contributed by atoms with Crippen LogP contribution in [0.15, 0.2) is 12.1 Å². The van der Waals surface area contributed by atoms with E-state index in [1.165, 1.54) is 23.7 Å². The highest BCUT2D eigenvalue weighted by atomic mass is 35.5. The standard InChI is InChI=1S/C15H16Cl2N4O5.ClH/c1-6-12(13(22)19-18)14(21(3)20-6)26-11-5-10(8(16)4-9(11)17)25-7(2)15(23)24;/h4-5,7H,18H2,1-3H3,(H,19,22)(H,23,24);1H/t7-;/m0./s1. The summed E-state index contributed by atoms with van der Waals surface area (Å²) in [5.41, 5.74) is 2.54. The van der Waals surface area contributed by atoms with Crippen LogP contribution < -0.4 is 20.7 Å². The Bertz CT molecular complexity index is 872. The van der Waals surface area contributed by atoms with Crippen molar-refractivity contribution in [3.63, 3.8) is 0 Å². The molecule has 2 aromatic rings. The number of carbonyl (C=O) groups excluding carboxylic acids is 1. The maximum atomic E-state index is 12.0. The number of carboxylic acid groups (broad SMARTS) is 1. The van der Waals surface area contributed by atoms with Crippen molar-refractivity contribution in [1.82, 2.24) is 15.2 Å². The Balaban J connectivity index is 0.00000364. The molecule has 2 rings (SSSR count). The van der Waals surface area contributed by atoms with Gasteiger partial charge in [-0.3, -0.25) is 10.2 Å². The fraction of sp³-hybridized carbons (Fsp3) is 0.267. The van der Waals surface area contributed by atoms with Gasteiger partial charge >= 0.3 is 5.97 Å². The molecule has 27 heavy (non-hydrogen) atoms. The number of carboxylic acids is 1. The third kappa shape index (κ3) is 4.95. The molecule has 0 aliphatic rings. The van der Waals surface area contributed by atoms with E-state index in [1.54, 1.807) is 14.0 Å². The lowest BCUT2D eigenvalue weighted by molar-refractivity contribution is -0.144. The second-order valence-electron chi connectivity index (χ2n) is 5.28. The van der Waals surface area contributed by atoms with Gasteiger partial charge in [-0.2, -0.15) is 5.10 Å². The molecule has 0 unspecified atom stereocenters. The summed E-state index contributed by atoms with van der Waals surface area (Å²) in [7, 11) is 1.57. The van der Waals surface area contributed by atoms with Gasteiger partial charge in [0.2, 0.25) is 5.88 Å². The molecule has 0 aliphatic heterocycles. The molecule has 1 atom stereocenters. The molecule has 1 aromatic carbocycles. The molecule has 148 valence electrons. The molecular weight excluding hydrogens is 423 g/mol. The van der Waals surface area contributed by atoms with Crippen LogP contribution in [0.2, 0.25) is 10.0 Å². The third-order valence-corrected chi connectivity index (χ3v) is 3.96. The van der Waals surface area contributed by atoms with Gasteiger partial charge in [0.1, 0.15) is 11.3 Å². The lowest BCUT2D eigenvalue weighted by Gasteiger charge is -2.15. The van der Waals surface area contributed by atoms with E-state index in [0.29, 0.717) is 5.69 Å². The molecule has 0 radical (unpaired) electrons. The van der Waals surface area contributed by atoms with Crippen molar-refractivity contribution in [3.05, 3.63) is 33.4 Å². The lowest BCUT2D eigenvalue weighted by Crippen LogP contribution is -2.30. The number of nitrogens with zero attached hydrogens (tertiary/aromatic N) is 2. The average molecular weight is 440 g/mol. The van der Waals surface area contributed by atoms with Crippen molar-refractivity contribution >= 4 is 47.5 Å². The van der Waals surface area contributed by atoms with Gasteiger partial charge in [-0.1, -0.05) is 23.2 Å². The van der Waals surface area contributed by atoms with Gasteiger partial charge in [-0.05, 0) is 19.9 Å². The van der Waals surface area contributed by atoms with Crippen LogP contribution in [0.1, 0.15) is 23.0 Å². The molecule has 0 saturated heterocycles. The number of aryl methyl sites for hydroxylation is 2. The second kappa shape index (κ2) is 9.14. The Hall–Kier alpha value is -2.20. The number of nitrogens with one attached hydrogen (secondary N) is 1. The van der Waals surface area contributed by atoms with E-state index in [0.717, 1.165) is 0 Å². The molecule has 1 aromatic heterocycles. The van der Waals surface area contributed by atoms with Gasteiger partial charge in [0.05, 0.1) is 15.7 Å². The minimum atomic E-state index is -1.16. The van der Waals surface area contributed by atoms with Crippen molar-refractivity contribution < 1.29 is 24.2 Å². The van der Waals surface area contributed by atoms with Crippen molar-refractivity contribution in [1.29, 1.82) is 0 Å². The van der Waals surface area contributed by atoms with Gasteiger partial charge in [0.25, 0.3) is 5.91 Å². The summed E-state index contributed by atoms with van der Waals surface area (Å²) in [6.07, 6.45) is -1.14. The van der Waals surface area contributed by atoms with Gasteiger partial charge in [-0.25, -0.2) is 15.3 Å². The van der Waals surface area contributed by atoms with E-state index in [2.05, 4.69) is 5.10 Å². The molecule has 1 amide bonds. The van der Waals surface area contributed by atoms with Crippen LogP contribution in [0.5, 0.6) is 17.4 Å². The minimum Gasteiger partial charge on any atom is -0.479 e. The topological polar surface area (TPSA) is 129 Å². The van der Waals surface area contributed by atoms with Gasteiger partial charge in [0, 0.05) is 13.1 Å². The van der Waals surface area contributed by atoms with Gasteiger partial charge < -0.3 is 14.6 Å². The quantitative estimate of drug-likeness (QED) is 0.358. The SMILES string of the molecule is Cc1nn(C)c(Oc2cc(O[C@@H](C)C(=O)O)c(Cl)cc2Cl)c1C(=O)NN.Cl. The summed E-state index contributed by atoms with van der Waals surface area (Å²) < 4.78 is 12.3. The van der Waals surface area contributed by atoms with Crippen LogP contribution in [0, 0.1) is 6.92 Å². The lowest BCUT2D eigenvalue weighted by atomic mass is 10.2. The number of carbonyl (C=O) groups is 2. The monoisotopic (exact) mass is 438 g/mol. The molecule has 0 spiro atoms. The normalized spacial score (nSPS) is 11.3. The summed E-state index contributed by atoms with van der Waals surface area (Å²) in [4.78, 5) is 22.9. The second-order valence-corrected chi connectivity index (χ2v) is 6.09. The Morgan fingerprint density at radius 1 is 1.30 bits per heavy atom. The largest absolute Gasteiger partial charge is 0.479 e. The maximum absolute atomic E-state index is 12.0. The highest BCUT2D eigenvalue weighted by Gasteiger charge is 2.23. The smallest absolute Gasteiger partial charge is 0.344 e. The number of ether oxygens (including phenoxy) is 2. The molecule has 0 aliphatic carbocycles. The average Bonchev–Trinajstić information content (AvgIpc) is 2.84. The molecule has 1 heterocycles. The number of aromatic nitrogens is 2. The third-order valence-electron chi connectivity index (χ3n) is 3.37. The number of benzene rings is 1. The van der Waals surface area contributed by atoms with Crippen LogP contribution >= 0.6 is 35.6 Å². The highest BCUT2D eigenvalue weighted by molar-refractivity contribution is 6.36. The molecule has 0 fully saturated rings. The van der Waals surface area contributed by atoms with E-state index in [-0.39, 0.29) is 45.4 Å². The number of halogens is 3. The number of rotatable bonds is 6. The van der Waals surface area contributed by atoms with Crippen LogP contribution in [0.25, 0.3) is 0 Å². The van der Waals surface area contributed by atoms with E-state index in [9.17, 15) is 9.59 Å². The Morgan fingerprint density at radius 2 is 1.89 bits per heavy atom. The number of hydrazine groups is 1. The van der Waals surface area contributed by atoms with Gasteiger partial charge in [-0.15, -0.1) is 12.4 Å². The summed E-state index contributed by atoms with van der Waals surface area (Å²) >= 11 is 12.2. The first-order chi connectivity index (χ1) is 12.1. The first-order valence-corrected chi connectivity index (χ1v) is 8.02. The van der Waals surface area contributed by atoms with Crippen LogP contribution in [-0.2, 0) is 11.8 Å². The zero-order chi connectivity index (χ0) is 19.6. The number of nitrogens with two attached hydrogens (primary N) is 1. The molecule has 4 N–H and O–H groups in total. The summed E-state index contributed by atoms with van der Waals surface area (Å²) in [5, 5.41) is 13.3. The highest BCUT2D eigenvalue weighted by Crippen LogP contribution is 2.39. The first-order valence-electron chi connectivity index (χ1n) is 7.26. The van der Waals surface area contributed by atoms with E-state index >= 15 is 0 Å². The van der Waals surface area contributed by atoms with Gasteiger partial charge in [0.15, 0.2) is 11.9 Å². The summed E-state index contributed by atoms with van der Waals surface area (Å²) in [6.45, 7) is 2.96. The summed E-state index contributed by atoms with van der Waals surface area (Å²) in [5.74, 6) is 3.68. The molecule has 0 bridgehead atoms. The van der Waals surface area contributed by atoms with Crippen LogP contribution in [-0.4, -0.2) is 32.9 Å². The number of aliphatic carboxylic acids is 1. The first kappa shape index (κ1) is 22.8. The maximum Gasteiger partial charge on any atom is 0.344 e. The Kier molecular flexibility index (Phi) is 7.73. The van der Waals surface area contributed by atoms with Crippen LogP contribution in [0.3, 0.4) is 0 Å². The minimum absolute atomic E-state index is 0. The predicted octanol–water partition coefficient (Wildman–Crippen LogP) is 2.70. The molecule has 0 saturated carbocycles. The predicted molar refractivity (Wildman–Crippen MR) is 101 cm³/mol. The number of amides is 1. The number of hydrogen-bond acceptors (Lipinski definition) is 6. The van der Waals surface area contributed by atoms with Crippen LogP contribution in [0.4, 0.5) is 0 Å². The summed E-state index contributed by atoms with van der Waals surface area (Å²) in [6, 6.07) is 2.67. The van der Waals surface area contributed by atoms with Crippen molar-refractivity contribution in [2.24, 2.45) is 12.9 Å². The fourth-order valence-electron chi connectivity index (χ4n) is 2.11. The zero-order valence-electron chi connectivity index (χ0n) is 14.4. The van der Waals surface area contributed by atoms with Crippen molar-refractivity contribution in [3.8, 4) is 17.4 Å². The molecular formula is C15H17Cl3N4O5. The number of hydrogen-bond donors (Lipinski definition) is 3. The zero-order valence-corrected chi connectivity index (χ0v) is 16.8.